The average molecular weight is 163 g/mol. The van der Waals surface area contributed by atoms with Gasteiger partial charge in [-0.05, 0) is 6.92 Å². The molecule has 0 aliphatic heterocycles. The zero-order valence-corrected chi connectivity index (χ0v) is 6.36. The summed E-state index contributed by atoms with van der Waals surface area (Å²) in [6.07, 6.45) is -1.24. The predicted octanol–water partition coefficient (Wildman–Crippen LogP) is -1.77. The molecule has 0 saturated heterocycles. The van der Waals surface area contributed by atoms with Crippen molar-refractivity contribution in [3.63, 3.8) is 0 Å². The number of aliphatic hydroxyl groups excluding tert-OH is 2. The summed E-state index contributed by atoms with van der Waals surface area (Å²) in [5, 5.41) is 17.2. The summed E-state index contributed by atoms with van der Waals surface area (Å²) in [6, 6.07) is -1.15. The van der Waals surface area contributed by atoms with Crippen LogP contribution in [0.3, 0.4) is 0 Å². The third-order valence-corrected chi connectivity index (χ3v) is 1.16. The van der Waals surface area contributed by atoms with Crippen LogP contribution in [0.4, 0.5) is 0 Å². The predicted molar refractivity (Wildman–Crippen MR) is 37.7 cm³/mol. The van der Waals surface area contributed by atoms with E-state index >= 15 is 0 Å². The van der Waals surface area contributed by atoms with Gasteiger partial charge in [0.15, 0.2) is 0 Å². The number of hydrogen-bond donors (Lipinski definition) is 3. The van der Waals surface area contributed by atoms with Crippen LogP contribution in [0, 0.1) is 0 Å². The number of carbonyl (C=O) groups excluding carboxylic acids is 1. The van der Waals surface area contributed by atoms with Gasteiger partial charge in [-0.15, -0.1) is 0 Å². The highest BCUT2D eigenvalue weighted by atomic mass is 16.5. The van der Waals surface area contributed by atoms with E-state index < -0.39 is 24.7 Å². The first kappa shape index (κ1) is 10.3. The Morgan fingerprint density at radius 3 is 2.64 bits per heavy atom. The lowest BCUT2D eigenvalue weighted by molar-refractivity contribution is -0.148. The Labute approximate surface area is 64.8 Å². The second-order valence-electron chi connectivity index (χ2n) is 2.03. The molecule has 5 heteroatoms. The molecule has 0 saturated carbocycles. The first-order chi connectivity index (χ1) is 5.13. The quantitative estimate of drug-likeness (QED) is 0.426. The fraction of sp³-hybridized carbons (Fsp3) is 0.833. The molecule has 0 aliphatic carbocycles. The zero-order valence-electron chi connectivity index (χ0n) is 6.36. The number of carbonyl (C=O) groups is 1. The van der Waals surface area contributed by atoms with Gasteiger partial charge in [-0.2, -0.15) is 0 Å². The van der Waals surface area contributed by atoms with Crippen LogP contribution in [0.5, 0.6) is 0 Å². The molecule has 2 unspecified atom stereocenters. The molecule has 4 N–H and O–H groups in total. The van der Waals surface area contributed by atoms with Crippen molar-refractivity contribution >= 4 is 5.97 Å². The topological polar surface area (TPSA) is 92.8 Å². The third-order valence-electron chi connectivity index (χ3n) is 1.16. The van der Waals surface area contributed by atoms with Crippen molar-refractivity contribution in [3.05, 3.63) is 0 Å². The van der Waals surface area contributed by atoms with Gasteiger partial charge in [0.05, 0.1) is 13.2 Å². The molecular formula is C6H13NO4. The van der Waals surface area contributed by atoms with E-state index in [9.17, 15) is 4.79 Å². The van der Waals surface area contributed by atoms with Crippen molar-refractivity contribution in [2.24, 2.45) is 5.73 Å². The summed E-state index contributed by atoms with van der Waals surface area (Å²) in [7, 11) is 0. The molecule has 0 heterocycles. The molecule has 0 aliphatic rings. The van der Waals surface area contributed by atoms with Crippen molar-refractivity contribution < 1.29 is 19.7 Å². The number of aliphatic hydroxyl groups is 2. The largest absolute Gasteiger partial charge is 0.465 e. The van der Waals surface area contributed by atoms with Crippen molar-refractivity contribution in [1.82, 2.24) is 0 Å². The van der Waals surface area contributed by atoms with E-state index in [2.05, 4.69) is 4.74 Å². The first-order valence-corrected chi connectivity index (χ1v) is 3.34. The van der Waals surface area contributed by atoms with E-state index in [1.54, 1.807) is 6.92 Å². The van der Waals surface area contributed by atoms with Crippen LogP contribution in [0.2, 0.25) is 0 Å². The Bertz CT molecular complexity index is 128. The van der Waals surface area contributed by atoms with Crippen LogP contribution in [0.25, 0.3) is 0 Å². The number of esters is 1. The maximum absolute atomic E-state index is 10.7. The number of ether oxygens (including phenoxy) is 1. The van der Waals surface area contributed by atoms with E-state index in [-0.39, 0.29) is 6.61 Å². The molecule has 0 rings (SSSR count). The molecule has 0 bridgehead atoms. The Balaban J connectivity index is 3.80. The summed E-state index contributed by atoms with van der Waals surface area (Å²) in [6.45, 7) is 1.31. The minimum absolute atomic E-state index is 0.213. The second kappa shape index (κ2) is 5.06. The summed E-state index contributed by atoms with van der Waals surface area (Å²) in [4.78, 5) is 10.7. The lowest BCUT2D eigenvalue weighted by Gasteiger charge is -2.14. The zero-order chi connectivity index (χ0) is 8.85. The van der Waals surface area contributed by atoms with Gasteiger partial charge < -0.3 is 20.7 Å². The highest BCUT2D eigenvalue weighted by Crippen LogP contribution is 1.92. The molecule has 5 nitrogen and oxygen atoms in total. The van der Waals surface area contributed by atoms with Crippen molar-refractivity contribution in [3.8, 4) is 0 Å². The van der Waals surface area contributed by atoms with Gasteiger partial charge in [-0.25, -0.2) is 0 Å². The van der Waals surface area contributed by atoms with E-state index in [1.807, 2.05) is 0 Å². The molecule has 2 atom stereocenters. The van der Waals surface area contributed by atoms with Gasteiger partial charge >= 0.3 is 5.97 Å². The highest BCUT2D eigenvalue weighted by Gasteiger charge is 2.22. The Morgan fingerprint density at radius 2 is 2.27 bits per heavy atom. The number of nitrogens with two attached hydrogens (primary N) is 1. The molecule has 66 valence electrons. The SMILES string of the molecule is CCOC(=O)C(N)C(O)CO. The molecule has 0 aromatic rings. The Morgan fingerprint density at radius 1 is 1.73 bits per heavy atom. The lowest BCUT2D eigenvalue weighted by Crippen LogP contribution is -2.44. The first-order valence-electron chi connectivity index (χ1n) is 3.34. The van der Waals surface area contributed by atoms with Gasteiger partial charge in [0.1, 0.15) is 12.1 Å². The normalized spacial score (nSPS) is 15.6. The van der Waals surface area contributed by atoms with Crippen LogP contribution in [-0.4, -0.2) is 41.5 Å². The molecule has 0 aromatic heterocycles. The monoisotopic (exact) mass is 163 g/mol. The van der Waals surface area contributed by atoms with E-state index in [0.717, 1.165) is 0 Å². The van der Waals surface area contributed by atoms with Crippen LogP contribution >= 0.6 is 0 Å². The fourth-order valence-electron chi connectivity index (χ4n) is 0.509. The van der Waals surface area contributed by atoms with Crippen molar-refractivity contribution in [2.45, 2.75) is 19.1 Å². The van der Waals surface area contributed by atoms with Gasteiger partial charge in [-0.3, -0.25) is 4.79 Å². The van der Waals surface area contributed by atoms with Crippen LogP contribution < -0.4 is 5.73 Å². The highest BCUT2D eigenvalue weighted by molar-refractivity contribution is 5.76. The van der Waals surface area contributed by atoms with Crippen molar-refractivity contribution in [2.75, 3.05) is 13.2 Å². The second-order valence-corrected chi connectivity index (χ2v) is 2.03. The van der Waals surface area contributed by atoms with E-state index in [0.29, 0.717) is 0 Å². The van der Waals surface area contributed by atoms with Gasteiger partial charge in [0.25, 0.3) is 0 Å². The maximum atomic E-state index is 10.7. The summed E-state index contributed by atoms with van der Waals surface area (Å²) < 4.78 is 4.49. The lowest BCUT2D eigenvalue weighted by atomic mass is 10.2. The van der Waals surface area contributed by atoms with Gasteiger partial charge in [0, 0.05) is 0 Å². The summed E-state index contributed by atoms with van der Waals surface area (Å²) in [5.41, 5.74) is 5.17. The fourth-order valence-corrected chi connectivity index (χ4v) is 0.509. The van der Waals surface area contributed by atoms with Crippen LogP contribution in [0.1, 0.15) is 6.92 Å². The molecule has 11 heavy (non-hydrogen) atoms. The Hall–Kier alpha value is -0.650. The smallest absolute Gasteiger partial charge is 0.325 e. The minimum Gasteiger partial charge on any atom is -0.465 e. The number of rotatable bonds is 4. The maximum Gasteiger partial charge on any atom is 0.325 e. The average Bonchev–Trinajstić information content (AvgIpc) is 2.02. The van der Waals surface area contributed by atoms with Gasteiger partial charge in [-0.1, -0.05) is 0 Å². The molecular weight excluding hydrogens is 150 g/mol. The summed E-state index contributed by atoms with van der Waals surface area (Å²) >= 11 is 0. The molecule has 0 spiro atoms. The van der Waals surface area contributed by atoms with Crippen LogP contribution in [-0.2, 0) is 9.53 Å². The van der Waals surface area contributed by atoms with E-state index in [1.165, 1.54) is 0 Å². The van der Waals surface area contributed by atoms with Crippen molar-refractivity contribution in [1.29, 1.82) is 0 Å². The molecule has 0 radical (unpaired) electrons. The minimum atomic E-state index is -1.24. The summed E-state index contributed by atoms with van der Waals surface area (Å²) in [5.74, 6) is -0.700. The number of hydrogen-bond acceptors (Lipinski definition) is 5. The molecule has 0 fully saturated rings. The molecule has 0 amide bonds. The molecule has 0 aromatic carbocycles. The van der Waals surface area contributed by atoms with Crippen LogP contribution in [0.15, 0.2) is 0 Å². The standard InChI is InChI=1S/C6H13NO4/c1-2-11-6(10)5(7)4(9)3-8/h4-5,8-9H,2-3,7H2,1H3. The Kier molecular flexibility index (Phi) is 4.76. The third kappa shape index (κ3) is 3.31. The van der Waals surface area contributed by atoms with Gasteiger partial charge in [0.2, 0.25) is 0 Å². The van der Waals surface area contributed by atoms with E-state index in [4.69, 9.17) is 15.9 Å².